The van der Waals surface area contributed by atoms with Gasteiger partial charge >= 0.3 is 0 Å². The maximum atomic E-state index is 6.61. The van der Waals surface area contributed by atoms with Crippen LogP contribution in [0.2, 0.25) is 0 Å². The normalized spacial score (nSPS) is 11.5. The highest BCUT2D eigenvalue weighted by Crippen LogP contribution is 2.45. The Kier molecular flexibility index (Phi) is 7.82. The lowest BCUT2D eigenvalue weighted by Gasteiger charge is -2.28. The fourth-order valence-corrected chi connectivity index (χ4v) is 8.30. The lowest BCUT2D eigenvalue weighted by molar-refractivity contribution is 0.669. The van der Waals surface area contributed by atoms with E-state index in [1.165, 1.54) is 0 Å². The lowest BCUT2D eigenvalue weighted by atomic mass is 9.94. The summed E-state index contributed by atoms with van der Waals surface area (Å²) in [5.74, 6) is 0. The molecule has 0 N–H and O–H groups in total. The van der Waals surface area contributed by atoms with Gasteiger partial charge in [-0.05, 0) is 112 Å². The number of rotatable bonds is 7. The summed E-state index contributed by atoms with van der Waals surface area (Å²) in [7, 11) is 0. The van der Waals surface area contributed by atoms with Crippen LogP contribution in [0.15, 0.2) is 221 Å². The highest BCUT2D eigenvalue weighted by atomic mass is 16.3. The Balaban J connectivity index is 1.17. The van der Waals surface area contributed by atoms with Crippen LogP contribution in [-0.2, 0) is 0 Å². The summed E-state index contributed by atoms with van der Waals surface area (Å²) in [5, 5.41) is 4.45. The molecule has 268 valence electrons. The molecule has 0 unspecified atom stereocenters. The highest BCUT2D eigenvalue weighted by molar-refractivity contribution is 6.10. The first-order valence-corrected chi connectivity index (χ1v) is 19.3. The van der Waals surface area contributed by atoms with E-state index in [0.717, 1.165) is 105 Å². The third kappa shape index (κ3) is 5.85. The van der Waals surface area contributed by atoms with Crippen LogP contribution >= 0.6 is 0 Å². The molecule has 57 heavy (non-hydrogen) atoms. The quantitative estimate of drug-likeness (QED) is 0.164. The summed E-state index contributed by atoms with van der Waals surface area (Å²) >= 11 is 0. The monoisotopic (exact) mass is 729 g/mol. The fourth-order valence-electron chi connectivity index (χ4n) is 8.30. The predicted octanol–water partition coefficient (Wildman–Crippen LogP) is 15.6. The number of anilines is 3. The van der Waals surface area contributed by atoms with Crippen molar-refractivity contribution in [2.75, 3.05) is 4.90 Å². The molecule has 2 heterocycles. The van der Waals surface area contributed by atoms with Crippen molar-refractivity contribution in [1.82, 2.24) is 0 Å². The predicted molar refractivity (Wildman–Crippen MR) is 237 cm³/mol. The zero-order valence-corrected chi connectivity index (χ0v) is 31.0. The first-order chi connectivity index (χ1) is 28.2. The Morgan fingerprint density at radius 3 is 1.42 bits per heavy atom. The second-order valence-electron chi connectivity index (χ2n) is 14.5. The van der Waals surface area contributed by atoms with Crippen LogP contribution < -0.4 is 4.90 Å². The van der Waals surface area contributed by atoms with E-state index >= 15 is 0 Å². The molecule has 0 aliphatic rings. The van der Waals surface area contributed by atoms with Crippen LogP contribution in [0.1, 0.15) is 0 Å². The zero-order chi connectivity index (χ0) is 37.7. The Bertz CT molecular complexity index is 3230. The van der Waals surface area contributed by atoms with Gasteiger partial charge in [-0.2, -0.15) is 0 Å². The number of hydrogen-bond donors (Lipinski definition) is 0. The third-order valence-electron chi connectivity index (χ3n) is 11.0. The minimum atomic E-state index is 0.884. The van der Waals surface area contributed by atoms with E-state index in [-0.39, 0.29) is 0 Å². The van der Waals surface area contributed by atoms with Gasteiger partial charge in [-0.1, -0.05) is 140 Å². The number of furan rings is 2. The van der Waals surface area contributed by atoms with E-state index in [2.05, 4.69) is 193 Å². The average molecular weight is 730 g/mol. The van der Waals surface area contributed by atoms with Crippen molar-refractivity contribution in [3.05, 3.63) is 212 Å². The van der Waals surface area contributed by atoms with Crippen LogP contribution in [0.3, 0.4) is 0 Å². The smallest absolute Gasteiger partial charge is 0.143 e. The van der Waals surface area contributed by atoms with Gasteiger partial charge in [-0.15, -0.1) is 0 Å². The lowest BCUT2D eigenvalue weighted by Crippen LogP contribution is -2.10. The molecule has 0 aliphatic heterocycles. The van der Waals surface area contributed by atoms with Gasteiger partial charge < -0.3 is 13.7 Å². The number of hydrogen-bond acceptors (Lipinski definition) is 3. The summed E-state index contributed by atoms with van der Waals surface area (Å²) in [4.78, 5) is 2.39. The van der Waals surface area contributed by atoms with Gasteiger partial charge in [-0.25, -0.2) is 0 Å². The van der Waals surface area contributed by atoms with Crippen molar-refractivity contribution in [2.45, 2.75) is 0 Å². The van der Waals surface area contributed by atoms with Crippen LogP contribution in [0.5, 0.6) is 0 Å². The minimum absolute atomic E-state index is 0.884. The van der Waals surface area contributed by atoms with Gasteiger partial charge in [0.1, 0.15) is 22.3 Å². The molecule has 0 saturated heterocycles. The van der Waals surface area contributed by atoms with Gasteiger partial charge in [-0.3, -0.25) is 0 Å². The van der Waals surface area contributed by atoms with E-state index in [4.69, 9.17) is 8.83 Å². The largest absolute Gasteiger partial charge is 0.456 e. The molecule has 0 radical (unpaired) electrons. The van der Waals surface area contributed by atoms with Crippen molar-refractivity contribution in [1.29, 1.82) is 0 Å². The van der Waals surface area contributed by atoms with Crippen LogP contribution in [0.25, 0.3) is 88.4 Å². The standard InChI is InChI=1S/C54H35NO2/c1-4-15-36(16-5-1)39-29-41(38-27-28-53-50(35-38)48-22-11-12-25-51(48)56-53)33-44(31-39)55(43-19-8-3-9-20-43)45-32-40(37-17-6-2-7-18-37)30-42(34-45)46-23-14-24-49-47-21-10-13-26-52(47)57-54(46)49/h1-35H. The first kappa shape index (κ1) is 32.8. The van der Waals surface area contributed by atoms with E-state index < -0.39 is 0 Å². The number of para-hydroxylation sites is 4. The molecule has 0 saturated carbocycles. The summed E-state index contributed by atoms with van der Waals surface area (Å²) in [6.07, 6.45) is 0. The Morgan fingerprint density at radius 1 is 0.263 bits per heavy atom. The highest BCUT2D eigenvalue weighted by Gasteiger charge is 2.20. The van der Waals surface area contributed by atoms with Crippen molar-refractivity contribution in [2.24, 2.45) is 0 Å². The summed E-state index contributed by atoms with van der Waals surface area (Å²) < 4.78 is 12.9. The van der Waals surface area contributed by atoms with Crippen molar-refractivity contribution in [3.63, 3.8) is 0 Å². The van der Waals surface area contributed by atoms with E-state index in [1.807, 2.05) is 24.3 Å². The van der Waals surface area contributed by atoms with Crippen LogP contribution in [-0.4, -0.2) is 0 Å². The molecule has 11 rings (SSSR count). The molecule has 2 aromatic heterocycles. The van der Waals surface area contributed by atoms with Gasteiger partial charge in [0.15, 0.2) is 0 Å². The summed E-state index contributed by atoms with van der Waals surface area (Å²) in [6.45, 7) is 0. The van der Waals surface area contributed by atoms with Crippen LogP contribution in [0.4, 0.5) is 17.1 Å². The van der Waals surface area contributed by atoms with Crippen molar-refractivity contribution < 1.29 is 8.83 Å². The first-order valence-electron chi connectivity index (χ1n) is 19.3. The molecule has 11 aromatic rings. The summed E-state index contributed by atoms with van der Waals surface area (Å²) in [5.41, 5.74) is 15.6. The van der Waals surface area contributed by atoms with E-state index in [0.29, 0.717) is 0 Å². The molecule has 0 amide bonds. The Morgan fingerprint density at radius 2 is 0.754 bits per heavy atom. The zero-order valence-electron chi connectivity index (χ0n) is 31.0. The Hall–Kier alpha value is -7.62. The number of fused-ring (bicyclic) bond motifs is 6. The van der Waals surface area contributed by atoms with E-state index in [9.17, 15) is 0 Å². The molecule has 3 nitrogen and oxygen atoms in total. The molecule has 0 aliphatic carbocycles. The Labute approximate surface area is 330 Å². The van der Waals surface area contributed by atoms with Crippen LogP contribution in [0, 0.1) is 0 Å². The molecule has 3 heteroatoms. The van der Waals surface area contributed by atoms with Gasteiger partial charge in [0.2, 0.25) is 0 Å². The van der Waals surface area contributed by atoms with Crippen molar-refractivity contribution >= 4 is 60.9 Å². The fraction of sp³-hybridized carbons (Fsp3) is 0. The molecule has 0 atom stereocenters. The molecular weight excluding hydrogens is 695 g/mol. The summed E-state index contributed by atoms with van der Waals surface area (Å²) in [6, 6.07) is 75.4. The van der Waals surface area contributed by atoms with Crippen molar-refractivity contribution in [3.8, 4) is 44.5 Å². The maximum absolute atomic E-state index is 6.61. The van der Waals surface area contributed by atoms with Gasteiger partial charge in [0.05, 0.1) is 0 Å². The third-order valence-corrected chi connectivity index (χ3v) is 11.0. The molecule has 0 spiro atoms. The number of nitrogens with zero attached hydrogens (tertiary/aromatic N) is 1. The topological polar surface area (TPSA) is 29.5 Å². The number of benzene rings is 9. The molecule has 0 bridgehead atoms. The molecule has 0 fully saturated rings. The van der Waals surface area contributed by atoms with Gasteiger partial charge in [0.25, 0.3) is 0 Å². The average Bonchev–Trinajstić information content (AvgIpc) is 3.86. The second-order valence-corrected chi connectivity index (χ2v) is 14.5. The molecular formula is C54H35NO2. The second kappa shape index (κ2) is 13.6. The van der Waals surface area contributed by atoms with E-state index in [1.54, 1.807) is 0 Å². The minimum Gasteiger partial charge on any atom is -0.456 e. The van der Waals surface area contributed by atoms with Gasteiger partial charge in [0, 0.05) is 44.2 Å². The molecule has 9 aromatic carbocycles. The maximum Gasteiger partial charge on any atom is 0.143 e. The SMILES string of the molecule is c1ccc(-c2cc(-c3ccc4oc5ccccc5c4c3)cc(N(c3ccccc3)c3cc(-c4ccccc4)cc(-c4cccc5c4oc4ccccc45)c3)c2)cc1.